The fraction of sp³-hybridized carbons (Fsp3) is 0.308. The van der Waals surface area contributed by atoms with Crippen molar-refractivity contribution in [2.75, 3.05) is 0 Å². The van der Waals surface area contributed by atoms with Crippen LogP contribution in [0.1, 0.15) is 49.7 Å². The lowest BCUT2D eigenvalue weighted by molar-refractivity contribution is 0.355. The van der Waals surface area contributed by atoms with Gasteiger partial charge < -0.3 is 0 Å². The van der Waals surface area contributed by atoms with Crippen LogP contribution in [-0.4, -0.2) is 0 Å². The van der Waals surface area contributed by atoms with Crippen molar-refractivity contribution in [3.05, 3.63) is 77.4 Å². The van der Waals surface area contributed by atoms with Crippen LogP contribution in [-0.2, 0) is 6.42 Å². The molecule has 2 aliphatic rings. The van der Waals surface area contributed by atoms with Crippen LogP contribution in [0.25, 0.3) is 28.0 Å². The van der Waals surface area contributed by atoms with E-state index < -0.39 is 0 Å². The summed E-state index contributed by atoms with van der Waals surface area (Å²) in [5, 5.41) is 2.69. The SMILES string of the molecule is C1=C(CC2CCCCC2)Cc2c1cccc2-c1cccc2ccccc12. The summed E-state index contributed by atoms with van der Waals surface area (Å²) in [6.45, 7) is 0. The monoisotopic (exact) mass is 338 g/mol. The topological polar surface area (TPSA) is 0 Å². The molecule has 0 amide bonds. The first-order chi connectivity index (χ1) is 12.9. The van der Waals surface area contributed by atoms with Gasteiger partial charge in [-0.2, -0.15) is 0 Å². The third-order valence-corrected chi connectivity index (χ3v) is 6.33. The Labute approximate surface area is 156 Å². The molecule has 1 saturated carbocycles. The summed E-state index contributed by atoms with van der Waals surface area (Å²) in [4.78, 5) is 0. The number of hydrogen-bond acceptors (Lipinski definition) is 0. The van der Waals surface area contributed by atoms with Gasteiger partial charge in [-0.25, -0.2) is 0 Å². The van der Waals surface area contributed by atoms with Gasteiger partial charge >= 0.3 is 0 Å². The van der Waals surface area contributed by atoms with Crippen LogP contribution < -0.4 is 0 Å². The maximum Gasteiger partial charge on any atom is -0.00516 e. The Morgan fingerprint density at radius 3 is 2.42 bits per heavy atom. The van der Waals surface area contributed by atoms with Gasteiger partial charge in [-0.3, -0.25) is 0 Å². The predicted molar refractivity (Wildman–Crippen MR) is 112 cm³/mol. The minimum Gasteiger partial charge on any atom is -0.0649 e. The van der Waals surface area contributed by atoms with Crippen LogP contribution in [0.5, 0.6) is 0 Å². The van der Waals surface area contributed by atoms with Gasteiger partial charge in [-0.15, -0.1) is 0 Å². The van der Waals surface area contributed by atoms with Gasteiger partial charge in [-0.1, -0.05) is 104 Å². The van der Waals surface area contributed by atoms with Gasteiger partial charge in [0.2, 0.25) is 0 Å². The zero-order valence-corrected chi connectivity index (χ0v) is 15.4. The highest BCUT2D eigenvalue weighted by molar-refractivity contribution is 5.98. The summed E-state index contributed by atoms with van der Waals surface area (Å²) in [5.41, 5.74) is 7.44. The first-order valence-corrected chi connectivity index (χ1v) is 10.2. The minimum atomic E-state index is 0.922. The molecule has 3 aromatic carbocycles. The molecule has 2 aliphatic carbocycles. The van der Waals surface area contributed by atoms with Crippen molar-refractivity contribution in [2.24, 2.45) is 5.92 Å². The van der Waals surface area contributed by atoms with Gasteiger partial charge in [0.05, 0.1) is 0 Å². The van der Waals surface area contributed by atoms with E-state index in [-0.39, 0.29) is 0 Å². The van der Waals surface area contributed by atoms with Gasteiger partial charge in [0.1, 0.15) is 0 Å². The van der Waals surface area contributed by atoms with E-state index in [1.807, 2.05) is 0 Å². The normalized spacial score (nSPS) is 17.3. The Morgan fingerprint density at radius 2 is 1.50 bits per heavy atom. The summed E-state index contributed by atoms with van der Waals surface area (Å²) in [6, 6.07) is 22.3. The molecule has 0 bridgehead atoms. The lowest BCUT2D eigenvalue weighted by Crippen LogP contribution is -2.07. The maximum absolute atomic E-state index is 2.48. The number of rotatable bonds is 3. The second kappa shape index (κ2) is 6.76. The van der Waals surface area contributed by atoms with Crippen LogP contribution in [0.3, 0.4) is 0 Å². The standard InChI is InChI=1S/C26H26/c1-2-8-19(9-3-1)16-20-17-22-12-7-15-25(26(22)18-20)24-14-6-11-21-10-4-5-13-23(21)24/h4-7,10-15,17,19H,1-3,8-9,16,18H2. The second-order valence-corrected chi connectivity index (χ2v) is 8.09. The van der Waals surface area contributed by atoms with Crippen LogP contribution in [0.2, 0.25) is 0 Å². The first-order valence-electron chi connectivity index (χ1n) is 10.2. The highest BCUT2D eigenvalue weighted by atomic mass is 14.3. The maximum atomic E-state index is 2.48. The summed E-state index contributed by atoms with van der Waals surface area (Å²) in [6.07, 6.45) is 12.1. The van der Waals surface area contributed by atoms with Crippen LogP contribution in [0.15, 0.2) is 66.2 Å². The molecule has 0 aliphatic heterocycles. The molecule has 0 heterocycles. The van der Waals surface area contributed by atoms with Crippen LogP contribution in [0, 0.1) is 5.92 Å². The van der Waals surface area contributed by atoms with Crippen molar-refractivity contribution in [1.29, 1.82) is 0 Å². The van der Waals surface area contributed by atoms with Crippen molar-refractivity contribution in [1.82, 2.24) is 0 Å². The van der Waals surface area contributed by atoms with Crippen molar-refractivity contribution < 1.29 is 0 Å². The van der Waals surface area contributed by atoms with Crippen LogP contribution >= 0.6 is 0 Å². The molecule has 0 aromatic heterocycles. The van der Waals surface area contributed by atoms with E-state index in [4.69, 9.17) is 0 Å². The third kappa shape index (κ3) is 2.88. The van der Waals surface area contributed by atoms with Crippen molar-refractivity contribution >= 4 is 16.8 Å². The molecule has 0 N–H and O–H groups in total. The number of hydrogen-bond donors (Lipinski definition) is 0. The van der Waals surface area contributed by atoms with E-state index >= 15 is 0 Å². The van der Waals surface area contributed by atoms with E-state index in [1.165, 1.54) is 71.6 Å². The highest BCUT2D eigenvalue weighted by Crippen LogP contribution is 2.40. The molecule has 0 radical (unpaired) electrons. The Balaban J connectivity index is 1.49. The highest BCUT2D eigenvalue weighted by Gasteiger charge is 2.21. The fourth-order valence-electron chi connectivity index (χ4n) is 5.04. The lowest BCUT2D eigenvalue weighted by atomic mass is 9.84. The molecule has 26 heavy (non-hydrogen) atoms. The molecule has 5 rings (SSSR count). The average Bonchev–Trinajstić information content (AvgIpc) is 3.11. The zero-order valence-electron chi connectivity index (χ0n) is 15.4. The number of allylic oxidation sites excluding steroid dienone is 1. The molecule has 0 spiro atoms. The summed E-state index contributed by atoms with van der Waals surface area (Å²) >= 11 is 0. The largest absolute Gasteiger partial charge is 0.0649 e. The molecule has 130 valence electrons. The molecule has 1 fully saturated rings. The van der Waals surface area contributed by atoms with Gasteiger partial charge in [0, 0.05) is 0 Å². The zero-order chi connectivity index (χ0) is 17.3. The van der Waals surface area contributed by atoms with Crippen molar-refractivity contribution in [3.63, 3.8) is 0 Å². The van der Waals surface area contributed by atoms with E-state index in [1.54, 1.807) is 5.57 Å². The fourth-order valence-corrected chi connectivity index (χ4v) is 5.04. The molecule has 0 nitrogen and oxygen atoms in total. The van der Waals surface area contributed by atoms with E-state index in [0.717, 1.165) is 12.3 Å². The Kier molecular flexibility index (Phi) is 4.13. The summed E-state index contributed by atoms with van der Waals surface area (Å²) in [5.74, 6) is 0.922. The molecule has 0 saturated heterocycles. The van der Waals surface area contributed by atoms with Gasteiger partial charge in [0.25, 0.3) is 0 Å². The quantitative estimate of drug-likeness (QED) is 0.466. The minimum absolute atomic E-state index is 0.922. The Hall–Kier alpha value is -2.34. The average molecular weight is 338 g/mol. The van der Waals surface area contributed by atoms with Crippen molar-refractivity contribution in [2.45, 2.75) is 44.9 Å². The Morgan fingerprint density at radius 1 is 0.731 bits per heavy atom. The molecule has 0 atom stereocenters. The molecule has 0 heteroatoms. The second-order valence-electron chi connectivity index (χ2n) is 8.09. The van der Waals surface area contributed by atoms with E-state index in [0.29, 0.717) is 0 Å². The molecule has 3 aromatic rings. The predicted octanol–water partition coefficient (Wildman–Crippen LogP) is 7.42. The Bertz CT molecular complexity index is 965. The molecular weight excluding hydrogens is 312 g/mol. The molecule has 0 unspecified atom stereocenters. The lowest BCUT2D eigenvalue weighted by Gasteiger charge is -2.22. The van der Waals surface area contributed by atoms with E-state index in [2.05, 4.69) is 66.7 Å². The van der Waals surface area contributed by atoms with Gasteiger partial charge in [-0.05, 0) is 51.8 Å². The number of benzene rings is 3. The van der Waals surface area contributed by atoms with Crippen LogP contribution in [0.4, 0.5) is 0 Å². The van der Waals surface area contributed by atoms with Crippen molar-refractivity contribution in [3.8, 4) is 11.1 Å². The summed E-state index contributed by atoms with van der Waals surface area (Å²) in [7, 11) is 0. The smallest absolute Gasteiger partial charge is 0.00516 e. The number of fused-ring (bicyclic) bond motifs is 2. The first kappa shape index (κ1) is 15.9. The molecular formula is C26H26. The van der Waals surface area contributed by atoms with Gasteiger partial charge in [0.15, 0.2) is 0 Å². The van der Waals surface area contributed by atoms with E-state index in [9.17, 15) is 0 Å². The third-order valence-electron chi connectivity index (χ3n) is 6.33. The summed E-state index contributed by atoms with van der Waals surface area (Å²) < 4.78 is 0.